The minimum Gasteiger partial charge on any atom is -0.320 e. The maximum atomic E-state index is 12.1. The summed E-state index contributed by atoms with van der Waals surface area (Å²) in [7, 11) is 1.77. The van der Waals surface area contributed by atoms with Crippen molar-refractivity contribution in [3.63, 3.8) is 0 Å². The molecule has 3 N–H and O–H groups in total. The second-order valence-corrected chi connectivity index (χ2v) is 3.73. The Bertz CT molecular complexity index is 650. The average Bonchev–Trinajstić information content (AvgIpc) is 2.82. The molecule has 2 heterocycles. The van der Waals surface area contributed by atoms with Gasteiger partial charge in [0.2, 0.25) is 0 Å². The molecule has 0 saturated carbocycles. The maximum Gasteiger partial charge on any atom is 0.276 e. The van der Waals surface area contributed by atoms with Gasteiger partial charge in [-0.2, -0.15) is 5.10 Å². The third kappa shape index (κ3) is 3.18. The van der Waals surface area contributed by atoms with E-state index in [1.54, 1.807) is 42.3 Å². The third-order valence-corrected chi connectivity index (χ3v) is 2.30. The molecule has 0 bridgehead atoms. The first-order valence-corrected chi connectivity index (χ1v) is 5.65. The highest BCUT2D eigenvalue weighted by atomic mass is 16.2. The first kappa shape index (κ1) is 12.8. The molecule has 6 nitrogen and oxygen atoms in total. The molecule has 96 valence electrons. The van der Waals surface area contributed by atoms with E-state index in [0.29, 0.717) is 11.4 Å². The molecule has 0 fully saturated rings. The van der Waals surface area contributed by atoms with Crippen LogP contribution >= 0.6 is 0 Å². The molecular formula is C13H13N5O. The number of nitrogens with two attached hydrogens (primary N) is 1. The summed E-state index contributed by atoms with van der Waals surface area (Å²) in [6, 6.07) is 5.15. The van der Waals surface area contributed by atoms with Gasteiger partial charge in [0.1, 0.15) is 5.69 Å². The van der Waals surface area contributed by atoms with Crippen LogP contribution in [0.25, 0.3) is 0 Å². The van der Waals surface area contributed by atoms with Gasteiger partial charge in [-0.25, -0.2) is 4.98 Å². The molecule has 0 aromatic carbocycles. The van der Waals surface area contributed by atoms with Crippen molar-refractivity contribution < 1.29 is 4.79 Å². The molecule has 6 heteroatoms. The van der Waals surface area contributed by atoms with Crippen molar-refractivity contribution in [2.45, 2.75) is 0 Å². The Labute approximate surface area is 110 Å². The molecule has 0 spiro atoms. The molecule has 0 aliphatic rings. The molecule has 0 aliphatic carbocycles. The Morgan fingerprint density at radius 1 is 1.53 bits per heavy atom. The van der Waals surface area contributed by atoms with Gasteiger partial charge >= 0.3 is 0 Å². The van der Waals surface area contributed by atoms with Crippen LogP contribution in [0.5, 0.6) is 0 Å². The van der Waals surface area contributed by atoms with E-state index in [1.165, 1.54) is 0 Å². The number of hydrogen-bond donors (Lipinski definition) is 2. The van der Waals surface area contributed by atoms with Gasteiger partial charge in [-0.15, -0.1) is 0 Å². The summed E-state index contributed by atoms with van der Waals surface area (Å²) < 4.78 is 1.60. The smallest absolute Gasteiger partial charge is 0.276 e. The lowest BCUT2D eigenvalue weighted by atomic mass is 10.2. The van der Waals surface area contributed by atoms with E-state index >= 15 is 0 Å². The normalized spacial score (nSPS) is 9.58. The number of aryl methyl sites for hydroxylation is 1. The Morgan fingerprint density at radius 3 is 3.05 bits per heavy atom. The fourth-order valence-corrected chi connectivity index (χ4v) is 1.49. The van der Waals surface area contributed by atoms with Gasteiger partial charge < -0.3 is 11.1 Å². The van der Waals surface area contributed by atoms with Gasteiger partial charge in [-0.1, -0.05) is 11.8 Å². The summed E-state index contributed by atoms with van der Waals surface area (Å²) in [6.07, 6.45) is 3.28. The van der Waals surface area contributed by atoms with E-state index in [2.05, 4.69) is 27.2 Å². The zero-order valence-corrected chi connectivity index (χ0v) is 10.4. The SMILES string of the molecule is Cn1ccc(NC(=O)c2ncccc2C#CCN)n1. The molecule has 0 unspecified atom stereocenters. The molecule has 19 heavy (non-hydrogen) atoms. The van der Waals surface area contributed by atoms with Crippen LogP contribution in [-0.4, -0.2) is 27.2 Å². The lowest BCUT2D eigenvalue weighted by Gasteiger charge is -2.03. The minimum atomic E-state index is -0.347. The summed E-state index contributed by atoms with van der Waals surface area (Å²) in [5.41, 5.74) is 6.12. The van der Waals surface area contributed by atoms with Crippen molar-refractivity contribution in [2.24, 2.45) is 12.8 Å². The second-order valence-electron chi connectivity index (χ2n) is 3.73. The number of carbonyl (C=O) groups is 1. The van der Waals surface area contributed by atoms with Crippen molar-refractivity contribution in [1.82, 2.24) is 14.8 Å². The number of rotatable bonds is 2. The van der Waals surface area contributed by atoms with Crippen LogP contribution in [-0.2, 0) is 7.05 Å². The highest BCUT2D eigenvalue weighted by molar-refractivity contribution is 6.03. The van der Waals surface area contributed by atoms with Crippen molar-refractivity contribution in [3.8, 4) is 11.8 Å². The van der Waals surface area contributed by atoms with E-state index in [9.17, 15) is 4.79 Å². The summed E-state index contributed by atoms with van der Waals surface area (Å²) >= 11 is 0. The number of carbonyl (C=O) groups excluding carboxylic acids is 1. The largest absolute Gasteiger partial charge is 0.320 e. The number of anilines is 1. The standard InChI is InChI=1S/C13H13N5O/c1-18-9-6-11(17-18)16-13(19)12-10(4-2-7-14)5-3-8-15-12/h3,5-6,8-9H,7,14H2,1H3,(H,16,17,19). The van der Waals surface area contributed by atoms with Crippen molar-refractivity contribution in [2.75, 3.05) is 11.9 Å². The highest BCUT2D eigenvalue weighted by Gasteiger charge is 2.12. The van der Waals surface area contributed by atoms with Gasteiger partial charge in [0.15, 0.2) is 5.82 Å². The minimum absolute atomic E-state index is 0.232. The Morgan fingerprint density at radius 2 is 2.37 bits per heavy atom. The lowest BCUT2D eigenvalue weighted by Crippen LogP contribution is -2.16. The fourth-order valence-electron chi connectivity index (χ4n) is 1.49. The Kier molecular flexibility index (Phi) is 3.90. The van der Waals surface area contributed by atoms with Crippen molar-refractivity contribution in [1.29, 1.82) is 0 Å². The van der Waals surface area contributed by atoms with Crippen LogP contribution < -0.4 is 11.1 Å². The van der Waals surface area contributed by atoms with E-state index < -0.39 is 0 Å². The zero-order valence-electron chi connectivity index (χ0n) is 10.4. The van der Waals surface area contributed by atoms with Gasteiger partial charge in [-0.05, 0) is 12.1 Å². The summed E-state index contributed by atoms with van der Waals surface area (Å²) in [4.78, 5) is 16.1. The first-order valence-electron chi connectivity index (χ1n) is 5.65. The van der Waals surface area contributed by atoms with E-state index in [1.807, 2.05) is 0 Å². The number of nitrogens with one attached hydrogen (secondary N) is 1. The van der Waals surface area contributed by atoms with Gasteiger partial charge in [0.05, 0.1) is 12.1 Å². The monoisotopic (exact) mass is 255 g/mol. The molecule has 2 rings (SSSR count). The third-order valence-electron chi connectivity index (χ3n) is 2.30. The molecule has 0 aliphatic heterocycles. The molecule has 0 radical (unpaired) electrons. The predicted molar refractivity (Wildman–Crippen MR) is 71.3 cm³/mol. The zero-order chi connectivity index (χ0) is 13.7. The number of pyridine rings is 1. The average molecular weight is 255 g/mol. The van der Waals surface area contributed by atoms with Crippen LogP contribution in [0.1, 0.15) is 16.1 Å². The number of amides is 1. The fraction of sp³-hybridized carbons (Fsp3) is 0.154. The van der Waals surface area contributed by atoms with Crippen molar-refractivity contribution in [3.05, 3.63) is 41.9 Å². The molecule has 0 atom stereocenters. The first-order chi connectivity index (χ1) is 9.20. The number of nitrogens with zero attached hydrogens (tertiary/aromatic N) is 3. The highest BCUT2D eigenvalue weighted by Crippen LogP contribution is 2.08. The maximum absolute atomic E-state index is 12.1. The second kappa shape index (κ2) is 5.80. The Hall–Kier alpha value is -2.65. The van der Waals surface area contributed by atoms with Crippen LogP contribution in [0.15, 0.2) is 30.6 Å². The quantitative estimate of drug-likeness (QED) is 0.759. The van der Waals surface area contributed by atoms with Crippen molar-refractivity contribution >= 4 is 11.7 Å². The Balaban J connectivity index is 2.23. The summed E-state index contributed by atoms with van der Waals surface area (Å²) in [5.74, 6) is 5.65. The predicted octanol–water partition coefficient (Wildman–Crippen LogP) is 0.378. The summed E-state index contributed by atoms with van der Waals surface area (Å²) in [5, 5.41) is 6.73. The summed E-state index contributed by atoms with van der Waals surface area (Å²) in [6.45, 7) is 0.232. The van der Waals surface area contributed by atoms with E-state index in [0.717, 1.165) is 0 Å². The van der Waals surface area contributed by atoms with Gasteiger partial charge in [0.25, 0.3) is 5.91 Å². The van der Waals surface area contributed by atoms with Crippen LogP contribution in [0, 0.1) is 11.8 Å². The van der Waals surface area contributed by atoms with E-state index in [4.69, 9.17) is 5.73 Å². The van der Waals surface area contributed by atoms with Crippen LogP contribution in [0.3, 0.4) is 0 Å². The topological polar surface area (TPSA) is 85.8 Å². The lowest BCUT2D eigenvalue weighted by molar-refractivity contribution is 0.102. The number of aromatic nitrogens is 3. The van der Waals surface area contributed by atoms with Gasteiger partial charge in [0, 0.05) is 25.5 Å². The molecule has 2 aromatic rings. The van der Waals surface area contributed by atoms with Gasteiger partial charge in [-0.3, -0.25) is 9.48 Å². The van der Waals surface area contributed by atoms with Crippen LogP contribution in [0.4, 0.5) is 5.82 Å². The van der Waals surface area contributed by atoms with E-state index in [-0.39, 0.29) is 18.1 Å². The molecular weight excluding hydrogens is 242 g/mol. The molecule has 0 saturated heterocycles. The number of hydrogen-bond acceptors (Lipinski definition) is 4. The molecule has 2 aromatic heterocycles. The molecule has 1 amide bonds. The van der Waals surface area contributed by atoms with Crippen LogP contribution in [0.2, 0.25) is 0 Å².